The second-order valence-corrected chi connectivity index (χ2v) is 8.06. The van der Waals surface area contributed by atoms with Crippen molar-refractivity contribution in [3.05, 3.63) is 47.0 Å². The molecule has 4 N–H and O–H groups in total. The van der Waals surface area contributed by atoms with Gasteiger partial charge in [-0.3, -0.25) is 14.9 Å². The van der Waals surface area contributed by atoms with Crippen molar-refractivity contribution in [2.45, 2.75) is 37.6 Å². The van der Waals surface area contributed by atoms with Gasteiger partial charge in [0.05, 0.1) is 23.0 Å². The Bertz CT molecular complexity index is 898. The molecule has 2 aliphatic rings. The minimum absolute atomic E-state index is 0. The Balaban J connectivity index is 0.00000210. The maximum absolute atomic E-state index is 14.5. The number of benzene rings is 1. The number of aromatic nitrogens is 2. The fourth-order valence-corrected chi connectivity index (χ4v) is 4.23. The maximum atomic E-state index is 14.5. The van der Waals surface area contributed by atoms with Gasteiger partial charge in [-0.1, -0.05) is 11.8 Å². The van der Waals surface area contributed by atoms with E-state index in [1.54, 1.807) is 12.1 Å². The third-order valence-corrected chi connectivity index (χ3v) is 5.69. The molecule has 0 unspecified atom stereocenters. The number of amides is 1. The molecule has 2 aromatic rings. The number of carbonyl (C=O) groups is 1. The molecule has 144 valence electrons. The van der Waals surface area contributed by atoms with Crippen LogP contribution in [-0.4, -0.2) is 27.0 Å². The molecule has 2 heterocycles. The average Bonchev–Trinajstić information content (AvgIpc) is 3.32. The highest BCUT2D eigenvalue weighted by molar-refractivity contribution is 8.13. The Hall–Kier alpha value is -2.06. The molecule has 1 fully saturated rings. The zero-order chi connectivity index (χ0) is 18.3. The summed E-state index contributed by atoms with van der Waals surface area (Å²) < 4.78 is 14.5. The second-order valence-electron chi connectivity index (χ2n) is 6.94. The number of thioether (sulfide) groups is 1. The molecule has 1 amide bonds. The fraction of sp³-hybridized carbons (Fsp3) is 0.389. The van der Waals surface area contributed by atoms with E-state index in [4.69, 9.17) is 5.73 Å². The van der Waals surface area contributed by atoms with Crippen LogP contribution in [0.2, 0.25) is 0 Å². The van der Waals surface area contributed by atoms with E-state index in [-0.39, 0.29) is 24.1 Å². The normalized spacial score (nSPS) is 21.9. The monoisotopic (exact) mass is 409 g/mol. The number of nitrogens with zero attached hydrogens (tertiary/aromatic N) is 2. The summed E-state index contributed by atoms with van der Waals surface area (Å²) in [4.78, 5) is 17.1. The molecule has 1 saturated carbocycles. The van der Waals surface area contributed by atoms with Gasteiger partial charge in [-0.2, -0.15) is 5.10 Å². The van der Waals surface area contributed by atoms with Crippen molar-refractivity contribution in [2.24, 2.45) is 10.7 Å². The standard InChI is InChI=1S/C18H20FN5OS.ClH/c1-18(6-7-26-17(20)23-18)13-8-11(4-5-14(13)19)22-16(25)12-9-21-24-15(12)10-2-3-10;/h4-5,8-10H,2-3,6-7H2,1H3,(H2,20,23)(H,21,24)(H,22,25);1H/t18-;/m0./s1. The summed E-state index contributed by atoms with van der Waals surface area (Å²) in [5, 5.41) is 10.2. The summed E-state index contributed by atoms with van der Waals surface area (Å²) in [6.45, 7) is 1.87. The van der Waals surface area contributed by atoms with Crippen LogP contribution < -0.4 is 11.1 Å². The van der Waals surface area contributed by atoms with Crippen LogP contribution in [-0.2, 0) is 5.54 Å². The van der Waals surface area contributed by atoms with E-state index in [9.17, 15) is 9.18 Å². The Morgan fingerprint density at radius 2 is 2.22 bits per heavy atom. The van der Waals surface area contributed by atoms with Crippen molar-refractivity contribution in [3.8, 4) is 0 Å². The molecule has 1 atom stereocenters. The zero-order valence-electron chi connectivity index (χ0n) is 14.8. The highest BCUT2D eigenvalue weighted by atomic mass is 35.5. The summed E-state index contributed by atoms with van der Waals surface area (Å²) in [6.07, 6.45) is 4.36. The van der Waals surface area contributed by atoms with Gasteiger partial charge in [-0.25, -0.2) is 4.39 Å². The highest BCUT2D eigenvalue weighted by Gasteiger charge is 2.33. The third kappa shape index (κ3) is 3.96. The van der Waals surface area contributed by atoms with Crippen LogP contribution in [0, 0.1) is 5.82 Å². The number of carbonyl (C=O) groups excluding carboxylic acids is 1. The lowest BCUT2D eigenvalue weighted by Crippen LogP contribution is -2.29. The molecule has 4 rings (SSSR count). The smallest absolute Gasteiger partial charge is 0.259 e. The lowest BCUT2D eigenvalue weighted by atomic mass is 9.89. The van der Waals surface area contributed by atoms with E-state index in [0.29, 0.717) is 34.3 Å². The molecule has 0 spiro atoms. The fourth-order valence-electron chi connectivity index (χ4n) is 3.26. The topological polar surface area (TPSA) is 96.2 Å². The van der Waals surface area contributed by atoms with Crippen molar-refractivity contribution >= 4 is 40.9 Å². The number of anilines is 1. The Kier molecular flexibility index (Phi) is 5.48. The number of hydrogen-bond donors (Lipinski definition) is 3. The highest BCUT2D eigenvalue weighted by Crippen LogP contribution is 2.41. The predicted molar refractivity (Wildman–Crippen MR) is 108 cm³/mol. The minimum Gasteiger partial charge on any atom is -0.379 e. The number of nitrogens with two attached hydrogens (primary N) is 1. The molecular weight excluding hydrogens is 389 g/mol. The summed E-state index contributed by atoms with van der Waals surface area (Å²) >= 11 is 1.47. The van der Waals surface area contributed by atoms with Crippen LogP contribution >= 0.6 is 24.2 Å². The van der Waals surface area contributed by atoms with Gasteiger partial charge in [0, 0.05) is 22.9 Å². The first-order valence-corrected chi connectivity index (χ1v) is 9.57. The van der Waals surface area contributed by atoms with Gasteiger partial charge in [0.1, 0.15) is 5.82 Å². The SMILES string of the molecule is C[C@@]1(c2cc(NC(=O)c3cn[nH]c3C3CC3)ccc2F)CCSC(N)=N1.Cl. The van der Waals surface area contributed by atoms with Gasteiger partial charge < -0.3 is 11.1 Å². The van der Waals surface area contributed by atoms with Gasteiger partial charge in [-0.15, -0.1) is 12.4 Å². The lowest BCUT2D eigenvalue weighted by molar-refractivity contribution is 0.102. The molecule has 9 heteroatoms. The summed E-state index contributed by atoms with van der Waals surface area (Å²) in [7, 11) is 0. The first kappa shape index (κ1) is 19.7. The number of nitrogens with one attached hydrogen (secondary N) is 2. The average molecular weight is 410 g/mol. The molecule has 1 aromatic carbocycles. The van der Waals surface area contributed by atoms with Gasteiger partial charge in [0.15, 0.2) is 5.17 Å². The van der Waals surface area contributed by atoms with Crippen LogP contribution in [0.15, 0.2) is 29.4 Å². The van der Waals surface area contributed by atoms with Crippen molar-refractivity contribution in [1.82, 2.24) is 10.2 Å². The number of aliphatic imine (C=N–C) groups is 1. The van der Waals surface area contributed by atoms with Crippen molar-refractivity contribution in [3.63, 3.8) is 0 Å². The van der Waals surface area contributed by atoms with E-state index in [0.717, 1.165) is 24.3 Å². The van der Waals surface area contributed by atoms with Crippen LogP contribution in [0.1, 0.15) is 53.7 Å². The number of halogens is 2. The largest absolute Gasteiger partial charge is 0.379 e. The van der Waals surface area contributed by atoms with Crippen LogP contribution in [0.25, 0.3) is 0 Å². The van der Waals surface area contributed by atoms with E-state index in [2.05, 4.69) is 20.5 Å². The first-order chi connectivity index (χ1) is 12.5. The Morgan fingerprint density at radius 1 is 1.44 bits per heavy atom. The summed E-state index contributed by atoms with van der Waals surface area (Å²) in [6, 6.07) is 4.57. The zero-order valence-corrected chi connectivity index (χ0v) is 16.4. The Labute approximate surface area is 167 Å². The molecule has 1 aromatic heterocycles. The molecule has 1 aliphatic carbocycles. The maximum Gasteiger partial charge on any atom is 0.259 e. The minimum atomic E-state index is -0.727. The van der Waals surface area contributed by atoms with E-state index in [1.807, 2.05) is 6.92 Å². The second kappa shape index (κ2) is 7.52. The van der Waals surface area contributed by atoms with Gasteiger partial charge in [0.25, 0.3) is 5.91 Å². The predicted octanol–water partition coefficient (Wildman–Crippen LogP) is 3.77. The van der Waals surface area contributed by atoms with Gasteiger partial charge >= 0.3 is 0 Å². The van der Waals surface area contributed by atoms with Crippen LogP contribution in [0.4, 0.5) is 10.1 Å². The number of hydrogen-bond acceptors (Lipinski definition) is 5. The van der Waals surface area contributed by atoms with Gasteiger partial charge in [0.2, 0.25) is 0 Å². The van der Waals surface area contributed by atoms with Gasteiger partial charge in [-0.05, 0) is 44.4 Å². The molecule has 0 saturated heterocycles. The van der Waals surface area contributed by atoms with Crippen LogP contribution in [0.5, 0.6) is 0 Å². The molecule has 0 bridgehead atoms. The number of H-pyrrole nitrogens is 1. The molecule has 6 nitrogen and oxygen atoms in total. The molecular formula is C18H21ClFN5OS. The quantitative estimate of drug-likeness (QED) is 0.716. The Morgan fingerprint density at radius 3 is 2.93 bits per heavy atom. The third-order valence-electron chi connectivity index (χ3n) is 4.90. The molecule has 0 radical (unpaired) electrons. The van der Waals surface area contributed by atoms with E-state index < -0.39 is 5.54 Å². The van der Waals surface area contributed by atoms with Crippen LogP contribution in [0.3, 0.4) is 0 Å². The number of aromatic amines is 1. The number of rotatable bonds is 4. The van der Waals surface area contributed by atoms with E-state index in [1.165, 1.54) is 24.0 Å². The number of amidine groups is 1. The lowest BCUT2D eigenvalue weighted by Gasteiger charge is -2.30. The van der Waals surface area contributed by atoms with Crippen molar-refractivity contribution in [2.75, 3.05) is 11.1 Å². The summed E-state index contributed by atoms with van der Waals surface area (Å²) in [5.41, 5.74) is 7.50. The molecule has 1 aliphatic heterocycles. The van der Waals surface area contributed by atoms with Crippen molar-refractivity contribution < 1.29 is 9.18 Å². The first-order valence-electron chi connectivity index (χ1n) is 8.59. The van der Waals surface area contributed by atoms with E-state index >= 15 is 0 Å². The molecule has 27 heavy (non-hydrogen) atoms. The summed E-state index contributed by atoms with van der Waals surface area (Å²) in [5.74, 6) is 0.571. The van der Waals surface area contributed by atoms with Crippen molar-refractivity contribution in [1.29, 1.82) is 0 Å².